The molecule has 1 saturated heterocycles. The number of hydrogen-bond acceptors (Lipinski definition) is 2. The molecule has 0 aromatic heterocycles. The highest BCUT2D eigenvalue weighted by Crippen LogP contribution is 2.47. The van der Waals surface area contributed by atoms with Crippen molar-refractivity contribution in [3.8, 4) is 5.75 Å². The zero-order chi connectivity index (χ0) is 10.3. The molecule has 1 aromatic carbocycles. The van der Waals surface area contributed by atoms with E-state index >= 15 is 0 Å². The highest BCUT2D eigenvalue weighted by atomic mass is 16.5. The van der Waals surface area contributed by atoms with Gasteiger partial charge in [0.25, 0.3) is 0 Å². The quantitative estimate of drug-likeness (QED) is 0.697. The summed E-state index contributed by atoms with van der Waals surface area (Å²) in [5, 5.41) is 3.43. The molecule has 1 spiro atoms. The molecular formula is C13H17NO. The van der Waals surface area contributed by atoms with Crippen molar-refractivity contribution < 1.29 is 4.74 Å². The van der Waals surface area contributed by atoms with Crippen LogP contribution in [0.4, 0.5) is 0 Å². The van der Waals surface area contributed by atoms with Gasteiger partial charge >= 0.3 is 0 Å². The first-order valence-corrected chi connectivity index (χ1v) is 5.80. The third-order valence-electron chi connectivity index (χ3n) is 4.00. The van der Waals surface area contributed by atoms with Crippen molar-refractivity contribution in [1.82, 2.24) is 5.32 Å². The van der Waals surface area contributed by atoms with Gasteiger partial charge in [0.1, 0.15) is 11.9 Å². The molecule has 1 aromatic rings. The fourth-order valence-corrected chi connectivity index (χ4v) is 3.05. The van der Waals surface area contributed by atoms with Crippen LogP contribution in [-0.4, -0.2) is 19.2 Å². The van der Waals surface area contributed by atoms with E-state index in [0.29, 0.717) is 6.10 Å². The van der Waals surface area contributed by atoms with E-state index in [-0.39, 0.29) is 5.41 Å². The molecule has 15 heavy (non-hydrogen) atoms. The monoisotopic (exact) mass is 203 g/mol. The first kappa shape index (κ1) is 9.22. The molecule has 2 heteroatoms. The molecule has 80 valence electrons. The minimum Gasteiger partial charge on any atom is -0.489 e. The lowest BCUT2D eigenvalue weighted by Gasteiger charge is -2.36. The second kappa shape index (κ2) is 3.24. The van der Waals surface area contributed by atoms with Crippen molar-refractivity contribution >= 4 is 0 Å². The van der Waals surface area contributed by atoms with E-state index in [0.717, 1.165) is 18.8 Å². The number of nitrogens with one attached hydrogen (secondary N) is 1. The number of benzene rings is 1. The van der Waals surface area contributed by atoms with Crippen LogP contribution in [0.1, 0.15) is 25.3 Å². The molecule has 0 unspecified atom stereocenters. The van der Waals surface area contributed by atoms with Crippen molar-refractivity contribution in [1.29, 1.82) is 0 Å². The molecule has 0 amide bonds. The van der Waals surface area contributed by atoms with Crippen molar-refractivity contribution in [3.05, 3.63) is 29.8 Å². The Morgan fingerprint density at radius 2 is 2.00 bits per heavy atom. The molecule has 3 rings (SSSR count). The highest BCUT2D eigenvalue weighted by Gasteiger charge is 2.46. The number of ether oxygens (including phenoxy) is 1. The summed E-state index contributed by atoms with van der Waals surface area (Å²) in [6.45, 7) is 4.44. The van der Waals surface area contributed by atoms with Crippen LogP contribution >= 0.6 is 0 Å². The predicted octanol–water partition coefficient (Wildman–Crippen LogP) is 2.09. The molecule has 0 bridgehead atoms. The maximum atomic E-state index is 5.97. The molecule has 0 saturated carbocycles. The molecule has 2 nitrogen and oxygen atoms in total. The number of piperidine rings is 1. The standard InChI is InChI=1S/C13H17NO/c1-10-13(6-8-14-9-7-13)11-4-2-3-5-12(11)15-10/h2-5,10,14H,6-9H2,1H3/t10-/m1/s1. The van der Waals surface area contributed by atoms with Crippen LogP contribution in [0.15, 0.2) is 24.3 Å². The topological polar surface area (TPSA) is 21.3 Å². The van der Waals surface area contributed by atoms with Crippen LogP contribution in [-0.2, 0) is 5.41 Å². The number of fused-ring (bicyclic) bond motifs is 2. The van der Waals surface area contributed by atoms with Gasteiger partial charge in [0.05, 0.1) is 0 Å². The van der Waals surface area contributed by atoms with Gasteiger partial charge in [0.15, 0.2) is 0 Å². The summed E-state index contributed by atoms with van der Waals surface area (Å²) in [4.78, 5) is 0. The number of para-hydroxylation sites is 1. The van der Waals surface area contributed by atoms with E-state index in [9.17, 15) is 0 Å². The lowest BCUT2D eigenvalue weighted by atomic mass is 9.71. The maximum Gasteiger partial charge on any atom is 0.123 e. The van der Waals surface area contributed by atoms with Crippen LogP contribution in [0.25, 0.3) is 0 Å². The largest absolute Gasteiger partial charge is 0.489 e. The summed E-state index contributed by atoms with van der Waals surface area (Å²) in [5.41, 5.74) is 1.71. The van der Waals surface area contributed by atoms with Crippen molar-refractivity contribution in [2.24, 2.45) is 0 Å². The van der Waals surface area contributed by atoms with Crippen LogP contribution < -0.4 is 10.1 Å². The van der Waals surface area contributed by atoms with Gasteiger partial charge in [-0.15, -0.1) is 0 Å². The van der Waals surface area contributed by atoms with E-state index in [1.165, 1.54) is 18.4 Å². The molecule has 0 radical (unpaired) electrons. The van der Waals surface area contributed by atoms with Crippen LogP contribution in [0.2, 0.25) is 0 Å². The number of hydrogen-bond donors (Lipinski definition) is 1. The Kier molecular flexibility index (Phi) is 1.99. The lowest BCUT2D eigenvalue weighted by Crippen LogP contribution is -2.45. The van der Waals surface area contributed by atoms with Gasteiger partial charge in [-0.05, 0) is 38.9 Å². The number of rotatable bonds is 0. The Labute approximate surface area is 90.6 Å². The van der Waals surface area contributed by atoms with Crippen molar-refractivity contribution in [3.63, 3.8) is 0 Å². The van der Waals surface area contributed by atoms with Crippen LogP contribution in [0.5, 0.6) is 5.75 Å². The van der Waals surface area contributed by atoms with E-state index < -0.39 is 0 Å². The summed E-state index contributed by atoms with van der Waals surface area (Å²) in [5.74, 6) is 1.10. The molecule has 1 N–H and O–H groups in total. The van der Waals surface area contributed by atoms with Crippen molar-refractivity contribution in [2.75, 3.05) is 13.1 Å². The summed E-state index contributed by atoms with van der Waals surface area (Å²) in [6.07, 6.45) is 2.73. The minimum absolute atomic E-state index is 0.280. The van der Waals surface area contributed by atoms with E-state index in [4.69, 9.17) is 4.74 Å². The molecule has 2 heterocycles. The van der Waals surface area contributed by atoms with E-state index in [1.54, 1.807) is 0 Å². The Balaban J connectivity index is 2.07. The Morgan fingerprint density at radius 1 is 1.27 bits per heavy atom. The molecule has 1 atom stereocenters. The Morgan fingerprint density at radius 3 is 2.80 bits per heavy atom. The fourth-order valence-electron chi connectivity index (χ4n) is 3.05. The normalized spacial score (nSPS) is 27.4. The van der Waals surface area contributed by atoms with Gasteiger partial charge in [-0.3, -0.25) is 0 Å². The summed E-state index contributed by atoms with van der Waals surface area (Å²) >= 11 is 0. The Hall–Kier alpha value is -1.02. The lowest BCUT2D eigenvalue weighted by molar-refractivity contribution is 0.134. The smallest absolute Gasteiger partial charge is 0.123 e. The average Bonchev–Trinajstić information content (AvgIpc) is 2.55. The predicted molar refractivity (Wildman–Crippen MR) is 60.3 cm³/mol. The van der Waals surface area contributed by atoms with Crippen LogP contribution in [0, 0.1) is 0 Å². The van der Waals surface area contributed by atoms with E-state index in [1.807, 2.05) is 0 Å². The maximum absolute atomic E-state index is 5.97. The average molecular weight is 203 g/mol. The summed E-state index contributed by atoms with van der Waals surface area (Å²) in [6, 6.07) is 8.53. The minimum atomic E-state index is 0.280. The van der Waals surface area contributed by atoms with Gasteiger partial charge < -0.3 is 10.1 Å². The molecular weight excluding hydrogens is 186 g/mol. The van der Waals surface area contributed by atoms with Crippen LogP contribution in [0.3, 0.4) is 0 Å². The fraction of sp³-hybridized carbons (Fsp3) is 0.538. The molecule has 2 aliphatic heterocycles. The van der Waals surface area contributed by atoms with E-state index in [2.05, 4.69) is 36.5 Å². The van der Waals surface area contributed by atoms with Gasteiger partial charge in [-0.2, -0.15) is 0 Å². The first-order valence-electron chi connectivity index (χ1n) is 5.80. The second-order valence-corrected chi connectivity index (χ2v) is 4.66. The molecule has 2 aliphatic rings. The third kappa shape index (κ3) is 1.21. The zero-order valence-electron chi connectivity index (χ0n) is 9.12. The molecule has 0 aliphatic carbocycles. The summed E-state index contributed by atoms with van der Waals surface area (Å²) < 4.78 is 5.97. The molecule has 1 fully saturated rings. The third-order valence-corrected chi connectivity index (χ3v) is 4.00. The van der Waals surface area contributed by atoms with Gasteiger partial charge in [-0.1, -0.05) is 18.2 Å². The highest BCUT2D eigenvalue weighted by molar-refractivity contribution is 5.45. The zero-order valence-corrected chi connectivity index (χ0v) is 9.12. The van der Waals surface area contributed by atoms with Gasteiger partial charge in [-0.25, -0.2) is 0 Å². The van der Waals surface area contributed by atoms with Crippen molar-refractivity contribution in [2.45, 2.75) is 31.3 Å². The van der Waals surface area contributed by atoms with Gasteiger partial charge in [0, 0.05) is 11.0 Å². The summed E-state index contributed by atoms with van der Waals surface area (Å²) in [7, 11) is 0. The first-order chi connectivity index (χ1) is 7.33. The second-order valence-electron chi connectivity index (χ2n) is 4.66. The van der Waals surface area contributed by atoms with Gasteiger partial charge in [0.2, 0.25) is 0 Å². The SMILES string of the molecule is C[C@H]1Oc2ccccc2C12CCNCC2. The Bertz CT molecular complexity index is 369.